The third kappa shape index (κ3) is 3.69. The lowest BCUT2D eigenvalue weighted by Crippen LogP contribution is -2.35. The van der Waals surface area contributed by atoms with Gasteiger partial charge in [0.2, 0.25) is 0 Å². The second kappa shape index (κ2) is 7.79. The maximum Gasteiger partial charge on any atom is 0.163 e. The highest BCUT2D eigenvalue weighted by Crippen LogP contribution is 2.27. The summed E-state index contributed by atoms with van der Waals surface area (Å²) in [5.74, 6) is 0.556. The fraction of sp³-hybridized carbons (Fsp3) is 0.450. The van der Waals surface area contributed by atoms with Crippen molar-refractivity contribution >= 4 is 0 Å². The Balaban J connectivity index is 1.47. The van der Waals surface area contributed by atoms with Gasteiger partial charge in [-0.2, -0.15) is 0 Å². The molecule has 4 rings (SSSR count). The standard InChI is InChI=1S/C20H24F2N6/c1-14-5-6-15(19(22)18(14)21)10-27-8-3-4-16(11-27)20-25-24-17(26(20)2)12-28-9-7-23-13-28/h5-7,9,13,16H,3-4,8,10-12H2,1-2H3/t16-/m0/s1. The number of nitrogens with zero attached hydrogens (tertiary/aromatic N) is 6. The first-order chi connectivity index (χ1) is 13.5. The Morgan fingerprint density at radius 2 is 2.00 bits per heavy atom. The number of benzene rings is 1. The molecule has 1 atom stereocenters. The molecular formula is C20H24F2N6. The molecule has 0 spiro atoms. The first-order valence-corrected chi connectivity index (χ1v) is 9.52. The van der Waals surface area contributed by atoms with Crippen LogP contribution in [-0.4, -0.2) is 42.3 Å². The zero-order chi connectivity index (χ0) is 19.7. The van der Waals surface area contributed by atoms with Crippen molar-refractivity contribution in [2.45, 2.75) is 38.8 Å². The highest BCUT2D eigenvalue weighted by atomic mass is 19.2. The van der Waals surface area contributed by atoms with Gasteiger partial charge in [-0.15, -0.1) is 10.2 Å². The van der Waals surface area contributed by atoms with Crippen LogP contribution in [0.25, 0.3) is 0 Å². The number of aromatic nitrogens is 5. The Kier molecular flexibility index (Phi) is 5.21. The zero-order valence-electron chi connectivity index (χ0n) is 16.1. The molecule has 148 valence electrons. The van der Waals surface area contributed by atoms with E-state index in [1.807, 2.05) is 22.4 Å². The smallest absolute Gasteiger partial charge is 0.163 e. The van der Waals surface area contributed by atoms with E-state index < -0.39 is 11.6 Å². The van der Waals surface area contributed by atoms with Gasteiger partial charge in [-0.1, -0.05) is 12.1 Å². The predicted molar refractivity (Wildman–Crippen MR) is 101 cm³/mol. The Hall–Kier alpha value is -2.61. The van der Waals surface area contributed by atoms with Crippen molar-refractivity contribution in [3.05, 3.63) is 65.3 Å². The summed E-state index contributed by atoms with van der Waals surface area (Å²) in [5.41, 5.74) is 0.741. The summed E-state index contributed by atoms with van der Waals surface area (Å²) in [6, 6.07) is 3.32. The molecule has 6 nitrogen and oxygen atoms in total. The van der Waals surface area contributed by atoms with Crippen LogP contribution in [0.1, 0.15) is 41.5 Å². The quantitative estimate of drug-likeness (QED) is 0.676. The molecule has 8 heteroatoms. The number of piperidine rings is 1. The molecule has 1 aliphatic heterocycles. The molecule has 3 heterocycles. The minimum Gasteiger partial charge on any atom is -0.330 e. The van der Waals surface area contributed by atoms with Gasteiger partial charge >= 0.3 is 0 Å². The molecule has 0 bridgehead atoms. The van der Waals surface area contributed by atoms with Gasteiger partial charge in [-0.3, -0.25) is 4.90 Å². The van der Waals surface area contributed by atoms with E-state index in [9.17, 15) is 8.78 Å². The van der Waals surface area contributed by atoms with Gasteiger partial charge in [-0.05, 0) is 31.9 Å². The maximum absolute atomic E-state index is 14.2. The number of aryl methyl sites for hydroxylation is 1. The van der Waals surface area contributed by atoms with Gasteiger partial charge in [-0.25, -0.2) is 13.8 Å². The molecule has 0 amide bonds. The monoisotopic (exact) mass is 386 g/mol. The second-order valence-corrected chi connectivity index (χ2v) is 7.51. The molecule has 1 aromatic carbocycles. The number of hydrogen-bond acceptors (Lipinski definition) is 4. The van der Waals surface area contributed by atoms with Crippen molar-refractivity contribution in [1.29, 1.82) is 0 Å². The minimum atomic E-state index is -0.747. The molecule has 1 aliphatic rings. The van der Waals surface area contributed by atoms with Gasteiger partial charge in [0.15, 0.2) is 17.5 Å². The number of rotatable bonds is 5. The first-order valence-electron chi connectivity index (χ1n) is 9.52. The molecular weight excluding hydrogens is 362 g/mol. The molecule has 0 radical (unpaired) electrons. The van der Waals surface area contributed by atoms with Crippen LogP contribution in [-0.2, 0) is 20.1 Å². The van der Waals surface area contributed by atoms with E-state index in [0.29, 0.717) is 24.2 Å². The third-order valence-corrected chi connectivity index (χ3v) is 5.50. The summed E-state index contributed by atoms with van der Waals surface area (Å²) >= 11 is 0. The Labute approximate surface area is 162 Å². The lowest BCUT2D eigenvalue weighted by Gasteiger charge is -2.32. The summed E-state index contributed by atoms with van der Waals surface area (Å²) in [6.45, 7) is 4.22. The van der Waals surface area contributed by atoms with Crippen molar-refractivity contribution in [3.63, 3.8) is 0 Å². The van der Waals surface area contributed by atoms with Crippen LogP contribution in [0.5, 0.6) is 0 Å². The number of halogens is 2. The lowest BCUT2D eigenvalue weighted by atomic mass is 9.96. The van der Waals surface area contributed by atoms with Crippen LogP contribution in [0.4, 0.5) is 8.78 Å². The normalized spacial score (nSPS) is 17.9. The fourth-order valence-corrected chi connectivity index (χ4v) is 3.87. The fourth-order valence-electron chi connectivity index (χ4n) is 3.87. The predicted octanol–water partition coefficient (Wildman–Crippen LogP) is 3.03. The van der Waals surface area contributed by atoms with Gasteiger partial charge in [0.1, 0.15) is 5.82 Å². The Bertz CT molecular complexity index is 950. The van der Waals surface area contributed by atoms with Gasteiger partial charge in [0, 0.05) is 44.0 Å². The van der Waals surface area contributed by atoms with Gasteiger partial charge in [0.05, 0.1) is 12.9 Å². The number of likely N-dealkylation sites (tertiary alicyclic amines) is 1. The van der Waals surface area contributed by atoms with Gasteiger partial charge in [0.25, 0.3) is 0 Å². The molecule has 1 saturated heterocycles. The van der Waals surface area contributed by atoms with Crippen LogP contribution < -0.4 is 0 Å². The highest BCUT2D eigenvalue weighted by molar-refractivity contribution is 5.25. The molecule has 0 saturated carbocycles. The summed E-state index contributed by atoms with van der Waals surface area (Å²) in [5, 5.41) is 8.77. The molecule has 2 aromatic heterocycles. The van der Waals surface area contributed by atoms with Crippen molar-refractivity contribution in [2.75, 3.05) is 13.1 Å². The van der Waals surface area contributed by atoms with Crippen molar-refractivity contribution in [3.8, 4) is 0 Å². The van der Waals surface area contributed by atoms with E-state index in [1.54, 1.807) is 31.6 Å². The largest absolute Gasteiger partial charge is 0.330 e. The lowest BCUT2D eigenvalue weighted by molar-refractivity contribution is 0.192. The van der Waals surface area contributed by atoms with E-state index in [4.69, 9.17) is 0 Å². The summed E-state index contributed by atoms with van der Waals surface area (Å²) in [7, 11) is 1.98. The highest BCUT2D eigenvalue weighted by Gasteiger charge is 2.27. The summed E-state index contributed by atoms with van der Waals surface area (Å²) in [6.07, 6.45) is 7.39. The van der Waals surface area contributed by atoms with Crippen LogP contribution in [0, 0.1) is 18.6 Å². The average Bonchev–Trinajstić information content (AvgIpc) is 3.33. The number of hydrogen-bond donors (Lipinski definition) is 0. The van der Waals surface area contributed by atoms with Crippen LogP contribution in [0.15, 0.2) is 30.9 Å². The van der Waals surface area contributed by atoms with Crippen molar-refractivity contribution in [2.24, 2.45) is 7.05 Å². The van der Waals surface area contributed by atoms with Crippen molar-refractivity contribution in [1.82, 2.24) is 29.2 Å². The van der Waals surface area contributed by atoms with E-state index in [0.717, 1.165) is 37.6 Å². The molecule has 1 fully saturated rings. The van der Waals surface area contributed by atoms with Crippen molar-refractivity contribution < 1.29 is 8.78 Å². The van der Waals surface area contributed by atoms with Crippen LogP contribution in [0.2, 0.25) is 0 Å². The molecule has 0 unspecified atom stereocenters. The van der Waals surface area contributed by atoms with E-state index in [1.165, 1.54) is 0 Å². The summed E-state index contributed by atoms with van der Waals surface area (Å²) in [4.78, 5) is 6.23. The maximum atomic E-state index is 14.2. The minimum absolute atomic E-state index is 0.223. The second-order valence-electron chi connectivity index (χ2n) is 7.51. The molecule has 28 heavy (non-hydrogen) atoms. The van der Waals surface area contributed by atoms with E-state index in [-0.39, 0.29) is 5.92 Å². The average molecular weight is 386 g/mol. The third-order valence-electron chi connectivity index (χ3n) is 5.50. The molecule has 3 aromatic rings. The van der Waals surface area contributed by atoms with E-state index in [2.05, 4.69) is 20.1 Å². The van der Waals surface area contributed by atoms with E-state index >= 15 is 0 Å². The summed E-state index contributed by atoms with van der Waals surface area (Å²) < 4.78 is 32.1. The first kappa shape index (κ1) is 18.7. The number of imidazole rings is 1. The van der Waals surface area contributed by atoms with Gasteiger partial charge < -0.3 is 9.13 Å². The Morgan fingerprint density at radius 3 is 2.79 bits per heavy atom. The topological polar surface area (TPSA) is 51.8 Å². The molecule has 0 N–H and O–H groups in total. The van der Waals surface area contributed by atoms with Crippen LogP contribution >= 0.6 is 0 Å². The zero-order valence-corrected chi connectivity index (χ0v) is 16.1. The van der Waals surface area contributed by atoms with Crippen LogP contribution in [0.3, 0.4) is 0 Å². The Morgan fingerprint density at radius 1 is 1.14 bits per heavy atom. The SMILES string of the molecule is Cc1ccc(CN2CCC[C@H](c3nnc(Cn4ccnc4)n3C)C2)c(F)c1F. The molecule has 0 aliphatic carbocycles.